The van der Waals surface area contributed by atoms with E-state index >= 15 is 0 Å². The van der Waals surface area contributed by atoms with E-state index in [9.17, 15) is 9.18 Å². The minimum atomic E-state index is -0.468. The Labute approximate surface area is 127 Å². The molecule has 3 nitrogen and oxygen atoms in total. The average molecular weight is 343 g/mol. The van der Waals surface area contributed by atoms with Gasteiger partial charge < -0.3 is 10.2 Å². The van der Waals surface area contributed by atoms with Crippen molar-refractivity contribution in [3.63, 3.8) is 0 Å². The molecule has 0 saturated carbocycles. The molecule has 1 aliphatic rings. The van der Waals surface area contributed by atoms with Gasteiger partial charge in [0.1, 0.15) is 5.82 Å². The minimum Gasteiger partial charge on any atom is -0.338 e. The Morgan fingerprint density at radius 2 is 2.35 bits per heavy atom. The maximum absolute atomic E-state index is 13.9. The first-order valence-corrected chi connectivity index (χ1v) is 7.86. The van der Waals surface area contributed by atoms with Crippen molar-refractivity contribution in [2.45, 2.75) is 19.8 Å². The lowest BCUT2D eigenvalue weighted by Gasteiger charge is -2.29. The third-order valence-electron chi connectivity index (χ3n) is 3.72. The molecule has 1 aromatic rings. The Hall–Kier alpha value is -0.940. The third-order valence-corrected chi connectivity index (χ3v) is 4.38. The first-order valence-electron chi connectivity index (χ1n) is 7.07. The largest absolute Gasteiger partial charge is 0.338 e. The van der Waals surface area contributed by atoms with Crippen LogP contribution in [0.25, 0.3) is 0 Å². The molecular weight excluding hydrogens is 323 g/mol. The molecule has 1 fully saturated rings. The first-order chi connectivity index (χ1) is 9.63. The van der Waals surface area contributed by atoms with Gasteiger partial charge in [0.05, 0.1) is 5.56 Å². The second kappa shape index (κ2) is 7.18. The van der Waals surface area contributed by atoms with E-state index < -0.39 is 5.82 Å². The van der Waals surface area contributed by atoms with Crippen LogP contribution in [0.5, 0.6) is 0 Å². The van der Waals surface area contributed by atoms with E-state index in [0.717, 1.165) is 25.9 Å². The van der Waals surface area contributed by atoms with Crippen molar-refractivity contribution in [3.05, 3.63) is 34.1 Å². The van der Waals surface area contributed by atoms with Crippen LogP contribution < -0.4 is 5.32 Å². The van der Waals surface area contributed by atoms with E-state index in [1.54, 1.807) is 17.0 Å². The van der Waals surface area contributed by atoms with E-state index in [4.69, 9.17) is 0 Å². The van der Waals surface area contributed by atoms with Gasteiger partial charge in [-0.05, 0) is 66.8 Å². The van der Waals surface area contributed by atoms with Gasteiger partial charge in [-0.1, -0.05) is 6.07 Å². The number of carbonyl (C=O) groups excluding carboxylic acids is 1. The highest BCUT2D eigenvalue weighted by atomic mass is 79.9. The summed E-state index contributed by atoms with van der Waals surface area (Å²) in [5.41, 5.74) is 0.137. The summed E-state index contributed by atoms with van der Waals surface area (Å²) in [4.78, 5) is 14.3. The minimum absolute atomic E-state index is 0.137. The van der Waals surface area contributed by atoms with Crippen LogP contribution in [0.4, 0.5) is 4.39 Å². The lowest BCUT2D eigenvalue weighted by molar-refractivity contribution is 0.0723. The van der Waals surface area contributed by atoms with Gasteiger partial charge in [-0.25, -0.2) is 4.39 Å². The number of rotatable bonds is 4. The lowest BCUT2D eigenvalue weighted by atomic mass is 9.98. The molecule has 0 aromatic heterocycles. The van der Waals surface area contributed by atoms with E-state index in [1.165, 1.54) is 6.07 Å². The molecule has 2 rings (SSSR count). The number of benzene rings is 1. The number of nitrogens with zero attached hydrogens (tertiary/aromatic N) is 1. The fraction of sp³-hybridized carbons (Fsp3) is 0.533. The van der Waals surface area contributed by atoms with Gasteiger partial charge in [0.2, 0.25) is 0 Å². The molecule has 1 amide bonds. The zero-order valence-corrected chi connectivity index (χ0v) is 13.2. The zero-order chi connectivity index (χ0) is 14.5. The topological polar surface area (TPSA) is 32.3 Å². The van der Waals surface area contributed by atoms with Crippen LogP contribution in [0.1, 0.15) is 30.1 Å². The number of nitrogens with one attached hydrogen (secondary N) is 1. The van der Waals surface area contributed by atoms with Crippen molar-refractivity contribution in [1.82, 2.24) is 10.2 Å². The van der Waals surface area contributed by atoms with Crippen molar-refractivity contribution in [2.24, 2.45) is 5.92 Å². The van der Waals surface area contributed by atoms with Crippen LogP contribution in [-0.2, 0) is 0 Å². The fourth-order valence-corrected chi connectivity index (χ4v) is 3.12. The maximum Gasteiger partial charge on any atom is 0.257 e. The number of hydrogen-bond acceptors (Lipinski definition) is 2. The summed E-state index contributed by atoms with van der Waals surface area (Å²) in [6.07, 6.45) is 2.26. The number of halogens is 2. The predicted octanol–water partition coefficient (Wildman–Crippen LogP) is 3.05. The maximum atomic E-state index is 13.9. The highest BCUT2D eigenvalue weighted by Gasteiger charge is 2.24. The van der Waals surface area contributed by atoms with Crippen LogP contribution in [0, 0.1) is 11.7 Å². The summed E-state index contributed by atoms with van der Waals surface area (Å²) < 4.78 is 14.4. The molecule has 0 spiro atoms. The summed E-state index contributed by atoms with van der Waals surface area (Å²) in [6, 6.07) is 4.62. The third kappa shape index (κ3) is 3.58. The van der Waals surface area contributed by atoms with Crippen LogP contribution in [0.15, 0.2) is 22.7 Å². The summed E-state index contributed by atoms with van der Waals surface area (Å²) >= 11 is 3.27. The van der Waals surface area contributed by atoms with Gasteiger partial charge in [-0.15, -0.1) is 0 Å². The molecule has 110 valence electrons. The van der Waals surface area contributed by atoms with Crippen LogP contribution in [0.3, 0.4) is 0 Å². The predicted molar refractivity (Wildman–Crippen MR) is 81.3 cm³/mol. The molecule has 1 aromatic carbocycles. The molecular formula is C15H20BrFN2O. The lowest BCUT2D eigenvalue weighted by Crippen LogP contribution is -2.41. The number of hydrogen-bond donors (Lipinski definition) is 1. The second-order valence-corrected chi connectivity index (χ2v) is 6.01. The van der Waals surface area contributed by atoms with Gasteiger partial charge in [0, 0.05) is 17.6 Å². The molecule has 1 saturated heterocycles. The fourth-order valence-electron chi connectivity index (χ4n) is 2.61. The summed E-state index contributed by atoms with van der Waals surface area (Å²) in [7, 11) is 0. The van der Waals surface area contributed by atoms with E-state index in [1.807, 2.05) is 6.92 Å². The van der Waals surface area contributed by atoms with Crippen molar-refractivity contribution in [3.8, 4) is 0 Å². The average Bonchev–Trinajstić information content (AvgIpc) is 2.45. The van der Waals surface area contributed by atoms with Crippen LogP contribution in [-0.4, -0.2) is 37.0 Å². The monoisotopic (exact) mass is 342 g/mol. The van der Waals surface area contributed by atoms with Gasteiger partial charge >= 0.3 is 0 Å². The Morgan fingerprint density at radius 1 is 1.55 bits per heavy atom. The Kier molecular flexibility index (Phi) is 5.54. The quantitative estimate of drug-likeness (QED) is 0.911. The number of amides is 1. The number of piperidine rings is 1. The summed E-state index contributed by atoms with van der Waals surface area (Å²) in [5.74, 6) is -0.245. The van der Waals surface area contributed by atoms with Crippen LogP contribution >= 0.6 is 15.9 Å². The van der Waals surface area contributed by atoms with Gasteiger partial charge in [-0.3, -0.25) is 4.79 Å². The summed E-state index contributed by atoms with van der Waals surface area (Å²) in [5, 5.41) is 3.34. The molecule has 1 N–H and O–H groups in total. The molecule has 1 heterocycles. The summed E-state index contributed by atoms with van der Waals surface area (Å²) in [6.45, 7) is 5.19. The van der Waals surface area contributed by atoms with E-state index in [2.05, 4.69) is 21.2 Å². The molecule has 0 bridgehead atoms. The molecule has 0 radical (unpaired) electrons. The Bertz CT molecular complexity index is 455. The standard InChI is InChI=1S/C15H20BrFN2O/c1-2-19(10-11-5-4-8-18-9-11)15(20)14-12(16)6-3-7-13(14)17/h3,6-7,11,18H,2,4-5,8-10H2,1H3. The Morgan fingerprint density at radius 3 is 2.95 bits per heavy atom. The highest BCUT2D eigenvalue weighted by Crippen LogP contribution is 2.22. The smallest absolute Gasteiger partial charge is 0.257 e. The molecule has 1 aliphatic heterocycles. The van der Waals surface area contributed by atoms with Gasteiger partial charge in [0.25, 0.3) is 5.91 Å². The molecule has 1 atom stereocenters. The van der Waals surface area contributed by atoms with Crippen molar-refractivity contribution in [2.75, 3.05) is 26.2 Å². The van der Waals surface area contributed by atoms with Crippen molar-refractivity contribution < 1.29 is 9.18 Å². The van der Waals surface area contributed by atoms with E-state index in [0.29, 0.717) is 23.5 Å². The SMILES string of the molecule is CCN(CC1CCCNC1)C(=O)c1c(F)cccc1Br. The van der Waals surface area contributed by atoms with Gasteiger partial charge in [0.15, 0.2) is 0 Å². The van der Waals surface area contributed by atoms with E-state index in [-0.39, 0.29) is 11.5 Å². The van der Waals surface area contributed by atoms with Gasteiger partial charge in [-0.2, -0.15) is 0 Å². The van der Waals surface area contributed by atoms with Crippen molar-refractivity contribution in [1.29, 1.82) is 0 Å². The first kappa shape index (κ1) is 15.4. The molecule has 1 unspecified atom stereocenters. The van der Waals surface area contributed by atoms with Crippen molar-refractivity contribution >= 4 is 21.8 Å². The molecule has 20 heavy (non-hydrogen) atoms. The van der Waals surface area contributed by atoms with Crippen LogP contribution in [0.2, 0.25) is 0 Å². The normalized spacial score (nSPS) is 18.9. The zero-order valence-electron chi connectivity index (χ0n) is 11.7. The second-order valence-electron chi connectivity index (χ2n) is 5.15. The molecule has 0 aliphatic carbocycles. The molecule has 5 heteroatoms. The number of carbonyl (C=O) groups is 1. The highest BCUT2D eigenvalue weighted by molar-refractivity contribution is 9.10. The Balaban J connectivity index is 2.12.